The van der Waals surface area contributed by atoms with Crippen LogP contribution in [-0.4, -0.2) is 120 Å². The van der Waals surface area contributed by atoms with Crippen LogP contribution < -0.4 is 19.3 Å². The van der Waals surface area contributed by atoms with Crippen molar-refractivity contribution in [2.45, 2.75) is 135 Å². The summed E-state index contributed by atoms with van der Waals surface area (Å²) < 4.78 is 60.8. The van der Waals surface area contributed by atoms with Crippen molar-refractivity contribution in [1.29, 1.82) is 0 Å². The molecule has 2 fully saturated rings. The number of halogens is 3. The van der Waals surface area contributed by atoms with E-state index in [0.29, 0.717) is 54.8 Å². The summed E-state index contributed by atoms with van der Waals surface area (Å²) in [5.41, 5.74) is 7.00. The molecule has 19 heteroatoms. The third-order valence-electron chi connectivity index (χ3n) is 14.5. The molecule has 0 N–H and O–H groups in total. The second-order valence-electron chi connectivity index (χ2n) is 20.4. The van der Waals surface area contributed by atoms with Gasteiger partial charge in [0, 0.05) is 87.2 Å². The lowest BCUT2D eigenvalue weighted by Crippen LogP contribution is -2.38. The Morgan fingerprint density at radius 3 is 1.65 bits per heavy atom. The number of pyridine rings is 2. The van der Waals surface area contributed by atoms with Gasteiger partial charge in [-0.05, 0) is 157 Å². The zero-order valence-corrected chi connectivity index (χ0v) is 47.3. The highest BCUT2D eigenvalue weighted by Crippen LogP contribution is 2.33. The van der Waals surface area contributed by atoms with E-state index >= 15 is 0 Å². The zero-order chi connectivity index (χ0) is 56.4. The third kappa shape index (κ3) is 17.2. The molecule has 6 aromatic rings. The number of nitrogens with zero attached hydrogens (tertiary/aromatic N) is 8. The number of fused-ring (bicyclic) bond motifs is 2. The largest absolute Gasteiger partial charge is 0.491 e. The van der Waals surface area contributed by atoms with Crippen LogP contribution in [0.15, 0.2) is 85.2 Å². The summed E-state index contributed by atoms with van der Waals surface area (Å²) in [6.45, 7) is 9.14. The van der Waals surface area contributed by atoms with E-state index in [0.717, 1.165) is 129 Å². The molecule has 2 aliphatic heterocycles. The molecule has 4 aliphatic rings. The van der Waals surface area contributed by atoms with E-state index in [1.807, 2.05) is 62.9 Å². The minimum atomic E-state index is -0.448. The minimum Gasteiger partial charge on any atom is -0.491 e. The molecule has 426 valence electrons. The van der Waals surface area contributed by atoms with E-state index in [2.05, 4.69) is 19.9 Å². The zero-order valence-electron chi connectivity index (χ0n) is 46.5. The van der Waals surface area contributed by atoms with Gasteiger partial charge in [-0.3, -0.25) is 19.6 Å². The predicted octanol–water partition coefficient (Wildman–Crippen LogP) is 10.4. The number of aryl methyl sites for hydroxylation is 3. The monoisotopic (exact) mass is 1120 g/mol. The first-order chi connectivity index (χ1) is 38.8. The summed E-state index contributed by atoms with van der Waals surface area (Å²) in [5, 5.41) is 0.210. The Morgan fingerprint density at radius 1 is 0.625 bits per heavy atom. The number of carbonyl (C=O) groups is 2. The molecule has 0 saturated carbocycles. The Labute approximate surface area is 472 Å². The summed E-state index contributed by atoms with van der Waals surface area (Å²) in [4.78, 5) is 56.4. The van der Waals surface area contributed by atoms with Crippen molar-refractivity contribution in [2.75, 3.05) is 63.5 Å². The van der Waals surface area contributed by atoms with Crippen LogP contribution in [0.25, 0.3) is 11.5 Å². The second kappa shape index (κ2) is 29.8. The number of carbonyl (C=O) groups excluding carboxylic acids is 2. The van der Waals surface area contributed by atoms with Crippen LogP contribution in [0.2, 0.25) is 5.28 Å². The normalized spacial score (nSPS) is 17.1. The Hall–Kier alpha value is -6.57. The van der Waals surface area contributed by atoms with Crippen molar-refractivity contribution in [3.63, 3.8) is 0 Å². The molecule has 80 heavy (non-hydrogen) atoms. The van der Waals surface area contributed by atoms with E-state index in [4.69, 9.17) is 50.0 Å². The Morgan fingerprint density at radius 2 is 1.14 bits per heavy atom. The van der Waals surface area contributed by atoms with E-state index in [9.17, 15) is 18.4 Å². The molecular formula is C61H73ClF2N8O8. The number of rotatable bonds is 21. The van der Waals surface area contributed by atoms with Gasteiger partial charge in [-0.1, -0.05) is 24.3 Å². The quantitative estimate of drug-likeness (QED) is 0.0491. The molecule has 0 amide bonds. The van der Waals surface area contributed by atoms with Gasteiger partial charge in [-0.15, -0.1) is 0 Å². The molecule has 2 aliphatic carbocycles. The van der Waals surface area contributed by atoms with Crippen LogP contribution in [0.3, 0.4) is 0 Å². The lowest BCUT2D eigenvalue weighted by atomic mass is 10.0. The number of anilines is 2. The van der Waals surface area contributed by atoms with E-state index in [-0.39, 0.29) is 59.9 Å². The van der Waals surface area contributed by atoms with E-state index in [1.54, 1.807) is 42.7 Å². The summed E-state index contributed by atoms with van der Waals surface area (Å²) >= 11 is 6.03. The van der Waals surface area contributed by atoms with Crippen LogP contribution in [-0.2, 0) is 67.1 Å². The highest BCUT2D eigenvalue weighted by Gasteiger charge is 2.29. The molecular weight excluding hydrogens is 1050 g/mol. The summed E-state index contributed by atoms with van der Waals surface area (Å²) in [5.74, 6) is 2.78. The summed E-state index contributed by atoms with van der Waals surface area (Å²) in [6, 6.07) is 18.9. The SMILES string of the molecule is C[C@H](C(=O)Cc1cccc(F)c1)N(C)c1nc(-c2cc(OCCOC3CCCCO3)ccn2)nc2c1CCC2.C[C@H](C(=O)Cc1cccc(F)c1)N(C)c1nc(Cl)nc2c1CCC2.Cc1cc(OCCOC2CCCCO2)ccn1. The number of aromatic nitrogens is 6. The lowest BCUT2D eigenvalue weighted by Gasteiger charge is -2.27. The third-order valence-corrected chi connectivity index (χ3v) is 14.7. The van der Waals surface area contributed by atoms with E-state index < -0.39 is 6.04 Å². The first-order valence-electron chi connectivity index (χ1n) is 27.8. The number of hydrogen-bond acceptors (Lipinski definition) is 16. The highest BCUT2D eigenvalue weighted by atomic mass is 35.5. The molecule has 4 aromatic heterocycles. The van der Waals surface area contributed by atoms with Crippen molar-refractivity contribution in [1.82, 2.24) is 29.9 Å². The molecule has 0 bridgehead atoms. The van der Waals surface area contributed by atoms with Gasteiger partial charge in [0.15, 0.2) is 30.0 Å². The number of hydrogen-bond donors (Lipinski definition) is 0. The van der Waals surface area contributed by atoms with Crippen molar-refractivity contribution in [2.24, 2.45) is 0 Å². The van der Waals surface area contributed by atoms with Crippen LogP contribution in [0.1, 0.15) is 105 Å². The molecule has 4 atom stereocenters. The molecule has 10 rings (SSSR count). The fraction of sp³-hybridized carbons (Fsp3) is 0.475. The van der Waals surface area contributed by atoms with Crippen LogP contribution >= 0.6 is 11.6 Å². The molecule has 0 radical (unpaired) electrons. The van der Waals surface area contributed by atoms with Crippen molar-refractivity contribution < 1.29 is 46.8 Å². The molecule has 2 aromatic carbocycles. The molecule has 2 saturated heterocycles. The minimum absolute atomic E-state index is 0.00424. The maximum absolute atomic E-state index is 13.6. The molecule has 6 heterocycles. The predicted molar refractivity (Wildman–Crippen MR) is 301 cm³/mol. The number of Topliss-reactive ketones (excluding diaryl/α,β-unsaturated/α-hetero) is 2. The Kier molecular flexibility index (Phi) is 22.2. The number of ketones is 2. The smallest absolute Gasteiger partial charge is 0.224 e. The standard InChI is InChI=1S/C30H35FN4O4.C18H19ClFN3O.C13H19NO3/c1-20(27(36)18-21-7-5-8-22(31)17-21)35(2)30-24-9-6-10-25(24)33-29(34-30)26-19-23(12-13-32-26)37-15-16-39-28-11-3-4-14-38-28;1-11(16(24)10-12-5-3-6-13(20)9-12)23(2)17-14-7-4-8-15(14)21-18(19)22-17;1-11-10-12(5-6-14-11)15-8-9-17-13-4-2-3-7-16-13/h5,7-8,12-13,17,19-20,28H,3-4,6,9-11,14-16,18H2,1-2H3;3,5-6,9,11H,4,7-8,10H2,1-2H3;5-6,10,13H,2-4,7-9H2,1H3/t20-,28?;11-;/m11./s1. The average molecular weight is 1120 g/mol. The van der Waals surface area contributed by atoms with Crippen LogP contribution in [0, 0.1) is 18.6 Å². The Balaban J connectivity index is 0.000000174. The van der Waals surface area contributed by atoms with Crippen molar-refractivity contribution in [3.8, 4) is 23.0 Å². The Bertz CT molecular complexity index is 3000. The van der Waals surface area contributed by atoms with Gasteiger partial charge in [0.2, 0.25) is 5.28 Å². The van der Waals surface area contributed by atoms with Gasteiger partial charge >= 0.3 is 0 Å². The lowest BCUT2D eigenvalue weighted by molar-refractivity contribution is -0.165. The van der Waals surface area contributed by atoms with Gasteiger partial charge in [0.1, 0.15) is 53.7 Å². The average Bonchev–Trinajstić information content (AvgIpc) is 4.17. The van der Waals surface area contributed by atoms with Gasteiger partial charge in [0.05, 0.1) is 31.0 Å². The molecule has 16 nitrogen and oxygen atoms in total. The number of likely N-dealkylation sites (N-methyl/N-ethyl adjacent to an activating group) is 2. The van der Waals surface area contributed by atoms with Crippen LogP contribution in [0.5, 0.6) is 11.5 Å². The first-order valence-corrected chi connectivity index (χ1v) is 28.2. The van der Waals surface area contributed by atoms with Gasteiger partial charge < -0.3 is 38.2 Å². The van der Waals surface area contributed by atoms with Crippen LogP contribution in [0.4, 0.5) is 20.4 Å². The van der Waals surface area contributed by atoms with Crippen molar-refractivity contribution >= 4 is 34.8 Å². The second-order valence-corrected chi connectivity index (χ2v) is 20.7. The van der Waals surface area contributed by atoms with Crippen molar-refractivity contribution in [3.05, 3.63) is 141 Å². The first kappa shape index (κ1) is 59.5. The van der Waals surface area contributed by atoms with Gasteiger partial charge in [0.25, 0.3) is 0 Å². The summed E-state index contributed by atoms with van der Waals surface area (Å²) in [6.07, 6.45) is 15.6. The topological polar surface area (TPSA) is 173 Å². The fourth-order valence-corrected chi connectivity index (χ4v) is 10.1. The fourth-order valence-electron chi connectivity index (χ4n) is 9.88. The van der Waals surface area contributed by atoms with Gasteiger partial charge in [-0.2, -0.15) is 0 Å². The molecule has 2 unspecified atom stereocenters. The van der Waals surface area contributed by atoms with Gasteiger partial charge in [-0.25, -0.2) is 28.7 Å². The molecule has 0 spiro atoms. The maximum Gasteiger partial charge on any atom is 0.224 e. The summed E-state index contributed by atoms with van der Waals surface area (Å²) in [7, 11) is 3.72. The van der Waals surface area contributed by atoms with E-state index in [1.165, 1.54) is 30.7 Å². The number of ether oxygens (including phenoxy) is 6. The highest BCUT2D eigenvalue weighted by molar-refractivity contribution is 6.28. The number of benzene rings is 2. The maximum atomic E-state index is 13.6.